The zero-order valence-electron chi connectivity index (χ0n) is 21.1. The first-order valence-electron chi connectivity index (χ1n) is 12.2. The van der Waals surface area contributed by atoms with Crippen LogP contribution in [0.5, 0.6) is 5.75 Å². The van der Waals surface area contributed by atoms with E-state index >= 15 is 0 Å². The molecule has 1 N–H and O–H groups in total. The van der Waals surface area contributed by atoms with Crippen molar-refractivity contribution in [2.24, 2.45) is 0 Å². The van der Waals surface area contributed by atoms with Crippen molar-refractivity contribution >= 4 is 26.5 Å². The Labute approximate surface area is 209 Å². The van der Waals surface area contributed by atoms with E-state index in [1.54, 1.807) is 11.6 Å². The summed E-state index contributed by atoms with van der Waals surface area (Å²) in [7, 11) is -1.42. The zero-order chi connectivity index (χ0) is 25.6. The van der Waals surface area contributed by atoms with Crippen molar-refractivity contribution in [3.05, 3.63) is 46.8 Å². The fraction of sp³-hybridized carbons (Fsp3) is 0.480. The molecule has 11 heteroatoms. The van der Waals surface area contributed by atoms with Crippen LogP contribution in [0.15, 0.2) is 35.5 Å². The highest BCUT2D eigenvalue weighted by Gasteiger charge is 2.26. The van der Waals surface area contributed by atoms with Gasteiger partial charge in [0.2, 0.25) is 0 Å². The summed E-state index contributed by atoms with van der Waals surface area (Å²) in [5.74, 6) is 0.961. The molecule has 1 aromatic carbocycles. The number of aromatic nitrogens is 5. The first kappa shape index (κ1) is 24.5. The summed E-state index contributed by atoms with van der Waals surface area (Å²) >= 11 is 0. The van der Waals surface area contributed by atoms with Gasteiger partial charge in [-0.2, -0.15) is 5.10 Å². The summed E-state index contributed by atoms with van der Waals surface area (Å²) in [6.45, 7) is 6.26. The molecule has 36 heavy (non-hydrogen) atoms. The number of piperidine rings is 1. The van der Waals surface area contributed by atoms with E-state index in [1.165, 1.54) is 12.6 Å². The number of likely N-dealkylation sites (tertiary alicyclic amines) is 1. The first-order valence-corrected chi connectivity index (χ1v) is 14.3. The number of imidazole rings is 1. The van der Waals surface area contributed by atoms with E-state index < -0.39 is 9.84 Å². The topological polar surface area (TPSA) is 115 Å². The molecule has 4 heterocycles. The van der Waals surface area contributed by atoms with Gasteiger partial charge in [0.05, 0.1) is 29.9 Å². The van der Waals surface area contributed by atoms with Crippen LogP contribution in [0.2, 0.25) is 0 Å². The molecule has 10 nitrogen and oxygen atoms in total. The molecule has 1 aliphatic rings. The number of pyridine rings is 1. The Morgan fingerprint density at radius 3 is 2.78 bits per heavy atom. The average molecular weight is 513 g/mol. The van der Waals surface area contributed by atoms with E-state index in [0.717, 1.165) is 47.1 Å². The number of nitrogens with one attached hydrogen (secondary N) is 1. The largest absolute Gasteiger partial charge is 0.493 e. The molecule has 1 fully saturated rings. The van der Waals surface area contributed by atoms with E-state index in [0.29, 0.717) is 24.5 Å². The van der Waals surface area contributed by atoms with Gasteiger partial charge in [-0.25, -0.2) is 22.7 Å². The van der Waals surface area contributed by atoms with E-state index in [9.17, 15) is 13.2 Å². The van der Waals surface area contributed by atoms with Crippen molar-refractivity contribution in [2.45, 2.75) is 38.6 Å². The Balaban J connectivity index is 1.57. The summed E-state index contributed by atoms with van der Waals surface area (Å²) in [6, 6.07) is 6.08. The molecule has 0 aliphatic carbocycles. The second-order valence-corrected chi connectivity index (χ2v) is 12.2. The number of hydrogen-bond donors (Lipinski definition) is 1. The third-order valence-electron chi connectivity index (χ3n) is 7.01. The van der Waals surface area contributed by atoms with Crippen LogP contribution in [0, 0.1) is 0 Å². The lowest BCUT2D eigenvalue weighted by molar-refractivity contribution is 0.186. The van der Waals surface area contributed by atoms with Crippen LogP contribution in [-0.4, -0.2) is 76.2 Å². The Hall–Kier alpha value is -3.18. The van der Waals surface area contributed by atoms with E-state index in [4.69, 9.17) is 4.74 Å². The van der Waals surface area contributed by atoms with E-state index in [2.05, 4.69) is 39.9 Å². The van der Waals surface area contributed by atoms with Crippen molar-refractivity contribution in [3.63, 3.8) is 0 Å². The molecule has 0 saturated carbocycles. The van der Waals surface area contributed by atoms with Gasteiger partial charge in [-0.05, 0) is 54.6 Å². The lowest BCUT2D eigenvalue weighted by Gasteiger charge is -2.33. The number of ether oxygens (including phenoxy) is 1. The maximum absolute atomic E-state index is 13.2. The summed E-state index contributed by atoms with van der Waals surface area (Å²) < 4.78 is 32.4. The first-order chi connectivity index (χ1) is 17.1. The van der Waals surface area contributed by atoms with Gasteiger partial charge >= 0.3 is 5.69 Å². The van der Waals surface area contributed by atoms with Crippen LogP contribution in [0.25, 0.3) is 27.8 Å². The van der Waals surface area contributed by atoms with Crippen LogP contribution in [-0.2, 0) is 9.84 Å². The highest BCUT2D eigenvalue weighted by atomic mass is 32.2. The molecular formula is C25H32N6O4S. The molecule has 0 bridgehead atoms. The second-order valence-electron chi connectivity index (χ2n) is 9.96. The highest BCUT2D eigenvalue weighted by molar-refractivity contribution is 7.90. The van der Waals surface area contributed by atoms with Gasteiger partial charge in [-0.15, -0.1) is 0 Å². The predicted octanol–water partition coefficient (Wildman–Crippen LogP) is 2.85. The van der Waals surface area contributed by atoms with Gasteiger partial charge in [-0.1, -0.05) is 13.8 Å². The number of hydrogen-bond acceptors (Lipinski definition) is 7. The smallest absolute Gasteiger partial charge is 0.326 e. The molecule has 1 unspecified atom stereocenters. The van der Waals surface area contributed by atoms with Gasteiger partial charge in [0.25, 0.3) is 0 Å². The van der Waals surface area contributed by atoms with Crippen LogP contribution in [0.3, 0.4) is 0 Å². The molecule has 4 aromatic rings. The van der Waals surface area contributed by atoms with Crippen LogP contribution < -0.4 is 10.4 Å². The number of rotatable bonds is 7. The van der Waals surface area contributed by atoms with Gasteiger partial charge in [0.1, 0.15) is 16.2 Å². The van der Waals surface area contributed by atoms with Gasteiger partial charge < -0.3 is 14.6 Å². The van der Waals surface area contributed by atoms with E-state index in [1.807, 2.05) is 22.9 Å². The van der Waals surface area contributed by atoms with Crippen molar-refractivity contribution in [1.29, 1.82) is 0 Å². The molecule has 1 atom stereocenters. The number of H-pyrrole nitrogens is 1. The minimum atomic E-state index is -3.03. The number of aromatic amines is 1. The molecular weight excluding hydrogens is 480 g/mol. The summed E-state index contributed by atoms with van der Waals surface area (Å²) in [6.07, 6.45) is 6.48. The normalized spacial score (nSPS) is 17.4. The fourth-order valence-corrected chi connectivity index (χ4v) is 5.80. The minimum Gasteiger partial charge on any atom is -0.493 e. The van der Waals surface area contributed by atoms with Gasteiger partial charge in [-0.3, -0.25) is 4.57 Å². The molecule has 0 amide bonds. The SMILES string of the molecule is COc1cc(-c2cc3[nH]c(=O)n(C4CCCN(CCS(C)(=O)=O)C4)c3cc2C(C)C)cn2ncnc12. The quantitative estimate of drug-likeness (QED) is 0.405. The number of nitrogens with zero attached hydrogens (tertiary/aromatic N) is 5. The van der Waals surface area contributed by atoms with Crippen molar-refractivity contribution in [3.8, 4) is 16.9 Å². The summed E-state index contributed by atoms with van der Waals surface area (Å²) in [5, 5.41) is 4.29. The number of sulfone groups is 1. The molecule has 1 saturated heterocycles. The van der Waals surface area contributed by atoms with Crippen molar-refractivity contribution in [2.75, 3.05) is 38.8 Å². The third-order valence-corrected chi connectivity index (χ3v) is 7.93. The maximum Gasteiger partial charge on any atom is 0.326 e. The van der Waals surface area contributed by atoms with Crippen molar-refractivity contribution < 1.29 is 13.2 Å². The van der Waals surface area contributed by atoms with Gasteiger partial charge in [0.15, 0.2) is 11.4 Å². The molecule has 5 rings (SSSR count). The molecule has 0 spiro atoms. The Morgan fingerprint density at radius 2 is 2.06 bits per heavy atom. The minimum absolute atomic E-state index is 0.0167. The lowest BCUT2D eigenvalue weighted by Crippen LogP contribution is -2.41. The molecule has 3 aromatic heterocycles. The zero-order valence-corrected chi connectivity index (χ0v) is 21.9. The number of fused-ring (bicyclic) bond motifs is 2. The Bertz CT molecular complexity index is 1580. The maximum atomic E-state index is 13.2. The number of benzene rings is 1. The Kier molecular flexibility index (Phi) is 6.37. The highest BCUT2D eigenvalue weighted by Crippen LogP contribution is 2.36. The van der Waals surface area contributed by atoms with E-state index in [-0.39, 0.29) is 23.4 Å². The molecule has 1 aliphatic heterocycles. The average Bonchev–Trinajstić information content (AvgIpc) is 3.44. The molecule has 0 radical (unpaired) electrons. The van der Waals surface area contributed by atoms with Crippen LogP contribution >= 0.6 is 0 Å². The predicted molar refractivity (Wildman–Crippen MR) is 140 cm³/mol. The van der Waals surface area contributed by atoms with Crippen LogP contribution in [0.1, 0.15) is 44.2 Å². The summed E-state index contributed by atoms with van der Waals surface area (Å²) in [5.41, 5.74) is 5.18. The Morgan fingerprint density at radius 1 is 1.25 bits per heavy atom. The molecule has 192 valence electrons. The van der Waals surface area contributed by atoms with Crippen LogP contribution in [0.4, 0.5) is 0 Å². The number of methoxy groups -OCH3 is 1. The fourth-order valence-electron chi connectivity index (χ4n) is 5.21. The standard InChI is InChI=1S/C25H32N6O4S/c1-16(2)19-12-22-21(11-20(19)17-10-23(35-3)24-26-15-27-30(24)13-17)28-25(32)31(22)18-6-5-7-29(14-18)8-9-36(4,33)34/h10-13,15-16,18H,5-9,14H2,1-4H3,(H,28,32). The second kappa shape index (κ2) is 9.36. The third kappa shape index (κ3) is 4.64. The lowest BCUT2D eigenvalue weighted by atomic mass is 9.92. The van der Waals surface area contributed by atoms with Crippen molar-refractivity contribution in [1.82, 2.24) is 29.0 Å². The summed E-state index contributed by atoms with van der Waals surface area (Å²) in [4.78, 5) is 22.7. The monoisotopic (exact) mass is 512 g/mol. The van der Waals surface area contributed by atoms with Gasteiger partial charge in [0, 0.05) is 31.1 Å².